The molecular formula is C77H78N2O18S. The number of carbonyl (C=O) groups is 5. The molecule has 0 spiro atoms. The molecule has 0 saturated carbocycles. The lowest BCUT2D eigenvalue weighted by molar-refractivity contribution is -0.368. The van der Waals surface area contributed by atoms with E-state index in [-0.39, 0.29) is 50.8 Å². The van der Waals surface area contributed by atoms with E-state index in [0.717, 1.165) is 42.9 Å². The number of esters is 3. The van der Waals surface area contributed by atoms with E-state index in [2.05, 4.69) is 5.43 Å². The van der Waals surface area contributed by atoms with Gasteiger partial charge in [-0.25, -0.2) is 10.4 Å². The van der Waals surface area contributed by atoms with Crippen LogP contribution in [0.15, 0.2) is 223 Å². The molecule has 4 aliphatic heterocycles. The topological polar surface area (TPSA) is 221 Å². The van der Waals surface area contributed by atoms with Gasteiger partial charge in [0.25, 0.3) is 11.8 Å². The number of thioether (sulfide) groups is 1. The fourth-order valence-electron chi connectivity index (χ4n) is 12.5. The average Bonchev–Trinajstić information content (AvgIpc) is 1.20. The van der Waals surface area contributed by atoms with Crippen LogP contribution in [0.25, 0.3) is 10.8 Å². The second-order valence-corrected chi connectivity index (χ2v) is 25.4. The van der Waals surface area contributed by atoms with E-state index in [0.29, 0.717) is 5.56 Å². The van der Waals surface area contributed by atoms with Gasteiger partial charge in [0, 0.05) is 25.7 Å². The van der Waals surface area contributed by atoms with Crippen LogP contribution in [0.4, 0.5) is 0 Å². The summed E-state index contributed by atoms with van der Waals surface area (Å²) >= 11 is 1.28. The maximum atomic E-state index is 14.9. The molecule has 8 aromatic carbocycles. The minimum absolute atomic E-state index is 0.0420. The van der Waals surface area contributed by atoms with E-state index >= 15 is 0 Å². The summed E-state index contributed by atoms with van der Waals surface area (Å²) in [4.78, 5) is 70.4. The Kier molecular flexibility index (Phi) is 23.6. The summed E-state index contributed by atoms with van der Waals surface area (Å²) in [6.07, 6.45) is -16.7. The molecule has 1 N–H and O–H groups in total. The lowest BCUT2D eigenvalue weighted by atomic mass is 9.94. The number of hydrogen-bond donors (Lipinski definition) is 1. The van der Waals surface area contributed by atoms with Gasteiger partial charge >= 0.3 is 17.9 Å². The Morgan fingerprint density at radius 1 is 0.429 bits per heavy atom. The molecule has 21 heteroatoms. The third kappa shape index (κ3) is 17.5. The molecule has 98 heavy (non-hydrogen) atoms. The molecule has 0 aliphatic carbocycles. The number of benzene rings is 8. The fourth-order valence-corrected chi connectivity index (χ4v) is 13.7. The third-order valence-electron chi connectivity index (χ3n) is 17.2. The highest BCUT2D eigenvalue weighted by Crippen LogP contribution is 2.42. The van der Waals surface area contributed by atoms with E-state index in [1.807, 2.05) is 201 Å². The summed E-state index contributed by atoms with van der Waals surface area (Å²) in [6.45, 7) is 5.13. The van der Waals surface area contributed by atoms with Gasteiger partial charge in [0.15, 0.2) is 24.8 Å². The third-order valence-corrected chi connectivity index (χ3v) is 18.4. The van der Waals surface area contributed by atoms with E-state index in [1.54, 1.807) is 24.3 Å². The zero-order valence-electron chi connectivity index (χ0n) is 54.6. The van der Waals surface area contributed by atoms with Crippen LogP contribution in [0.1, 0.15) is 76.2 Å². The molecule has 0 bridgehead atoms. The van der Waals surface area contributed by atoms with Crippen molar-refractivity contribution >= 4 is 52.3 Å². The van der Waals surface area contributed by atoms with Crippen LogP contribution < -0.4 is 5.43 Å². The van der Waals surface area contributed by atoms with Crippen molar-refractivity contribution in [2.24, 2.45) is 0 Å². The number of imide groups is 1. The number of ether oxygens (including phenoxy) is 13. The SMILES string of the molecule is CC(=O)OC[C@H]1O[C@@H](O[C@H]2[C@H](O[C@@H]3O[C@@H](C)[C@@H](OCc4ccccc4)[C@@H](OCc4ccccc4)[C@@H]3OCc3ccccc3)[C@@H](NN3C(=O)c4ccccc4C3=O)[C@H](Sc3ccccc3)O[C@@H]2COCc2ccccc2)[C@H](OC(C)=O)[C@@H](OCc2ccc3ccccc3c2)[C@H]1OC(C)=O. The fraction of sp³-hybridized carbons (Fsp3) is 0.338. The Morgan fingerprint density at radius 2 is 0.888 bits per heavy atom. The molecule has 510 valence electrons. The van der Waals surface area contributed by atoms with Crippen molar-refractivity contribution in [1.29, 1.82) is 0 Å². The summed E-state index contributed by atoms with van der Waals surface area (Å²) in [7, 11) is 0. The molecular weight excluding hydrogens is 1270 g/mol. The number of hydrazine groups is 1. The zero-order chi connectivity index (χ0) is 67.9. The number of nitrogens with one attached hydrogen (secondary N) is 1. The largest absolute Gasteiger partial charge is 0.463 e. The maximum absolute atomic E-state index is 14.9. The minimum atomic E-state index is -1.73. The van der Waals surface area contributed by atoms with Gasteiger partial charge < -0.3 is 61.6 Å². The average molecular weight is 1350 g/mol. The normalized spacial score (nSPS) is 26.1. The van der Waals surface area contributed by atoms with Crippen LogP contribution in [0.5, 0.6) is 0 Å². The Labute approximate surface area is 572 Å². The monoisotopic (exact) mass is 1350 g/mol. The second kappa shape index (κ2) is 33.4. The Morgan fingerprint density at radius 3 is 1.46 bits per heavy atom. The highest BCUT2D eigenvalue weighted by molar-refractivity contribution is 7.99. The van der Waals surface area contributed by atoms with E-state index in [9.17, 15) is 24.0 Å². The summed E-state index contributed by atoms with van der Waals surface area (Å²) in [6, 6.07) is 66.8. The van der Waals surface area contributed by atoms with Gasteiger partial charge in [0.1, 0.15) is 60.9 Å². The quantitative estimate of drug-likeness (QED) is 0.0274. The van der Waals surface area contributed by atoms with Crippen molar-refractivity contribution in [2.75, 3.05) is 13.2 Å². The standard InChI is InChI=1S/C77H78N2O18S/c1-48-65(87-42-53-26-12-6-13-27-53)69(88-43-54-28-14-7-15-29-54)71(90-44-55-30-16-8-17-31-55)75(91-48)97-68-64(78-79-73(83)60-36-22-23-37-61(60)74(79)84)77(98-59-34-18-9-19-35-59)95-62(46-85-41-52-24-10-5-11-25-52)66(68)96-76-72(93-51(4)82)70(67(92-50(3)81)63(94-76)47-86-49(2)80)89-45-56-38-39-57-32-20-21-33-58(57)40-56/h5-40,48,62-72,75-78H,41-47H2,1-4H3/t48-,62+,63+,64+,65+,66+,67-,68+,69+,70-,71-,72+,75-,76-,77-/m0/s1. The van der Waals surface area contributed by atoms with E-state index in [4.69, 9.17) is 61.6 Å². The summed E-state index contributed by atoms with van der Waals surface area (Å²) in [5, 5.41) is 2.85. The molecule has 0 unspecified atom stereocenters. The van der Waals surface area contributed by atoms with Gasteiger partial charge in [0.05, 0.1) is 62.9 Å². The van der Waals surface area contributed by atoms with Crippen LogP contribution in [0.2, 0.25) is 0 Å². The number of amides is 2. The molecule has 2 amide bonds. The van der Waals surface area contributed by atoms with Crippen molar-refractivity contribution in [1.82, 2.24) is 10.4 Å². The first-order chi connectivity index (χ1) is 47.8. The Hall–Kier alpha value is -8.52. The molecule has 3 fully saturated rings. The van der Waals surface area contributed by atoms with E-state index < -0.39 is 128 Å². The lowest BCUT2D eigenvalue weighted by Crippen LogP contribution is -2.71. The summed E-state index contributed by atoms with van der Waals surface area (Å²) in [5.41, 5.74) is 6.69. The van der Waals surface area contributed by atoms with Gasteiger partial charge in [-0.2, -0.15) is 0 Å². The van der Waals surface area contributed by atoms with Crippen molar-refractivity contribution in [3.8, 4) is 0 Å². The number of hydrogen-bond acceptors (Lipinski definition) is 20. The molecule has 4 heterocycles. The van der Waals surface area contributed by atoms with Crippen molar-refractivity contribution in [2.45, 2.75) is 157 Å². The molecule has 0 aromatic heterocycles. The highest BCUT2D eigenvalue weighted by atomic mass is 32.2. The van der Waals surface area contributed by atoms with Crippen LogP contribution in [0, 0.1) is 0 Å². The van der Waals surface area contributed by atoms with Crippen LogP contribution in [-0.2, 0) is 109 Å². The molecule has 3 saturated heterocycles. The number of nitrogens with zero attached hydrogens (tertiary/aromatic N) is 1. The molecule has 8 aromatic rings. The molecule has 12 rings (SSSR count). The zero-order valence-corrected chi connectivity index (χ0v) is 55.4. The van der Waals surface area contributed by atoms with Crippen molar-refractivity contribution < 1.29 is 85.6 Å². The number of fused-ring (bicyclic) bond motifs is 2. The predicted octanol–water partition coefficient (Wildman–Crippen LogP) is 11.1. The van der Waals surface area contributed by atoms with Gasteiger partial charge in [-0.1, -0.05) is 200 Å². The second-order valence-electron chi connectivity index (χ2n) is 24.3. The predicted molar refractivity (Wildman–Crippen MR) is 359 cm³/mol. The summed E-state index contributed by atoms with van der Waals surface area (Å²) in [5.74, 6) is -3.52. The van der Waals surface area contributed by atoms with Crippen LogP contribution in [-0.4, -0.2) is 139 Å². The Balaban J connectivity index is 1.01. The van der Waals surface area contributed by atoms with Gasteiger partial charge in [-0.05, 0) is 75.8 Å². The first-order valence-electron chi connectivity index (χ1n) is 32.7. The van der Waals surface area contributed by atoms with E-state index in [1.165, 1.54) is 32.5 Å². The molecule has 0 radical (unpaired) electrons. The smallest absolute Gasteiger partial charge is 0.303 e. The number of carbonyl (C=O) groups excluding carboxylic acids is 5. The first kappa shape index (κ1) is 69.4. The van der Waals surface area contributed by atoms with Crippen LogP contribution >= 0.6 is 11.8 Å². The molecule has 4 aliphatic rings. The van der Waals surface area contributed by atoms with Crippen LogP contribution in [0.3, 0.4) is 0 Å². The van der Waals surface area contributed by atoms with Gasteiger partial charge in [-0.15, -0.1) is 0 Å². The van der Waals surface area contributed by atoms with Crippen molar-refractivity contribution in [3.63, 3.8) is 0 Å². The lowest BCUT2D eigenvalue weighted by Gasteiger charge is -2.52. The minimum Gasteiger partial charge on any atom is -0.463 e. The van der Waals surface area contributed by atoms with Crippen molar-refractivity contribution in [3.05, 3.63) is 257 Å². The maximum Gasteiger partial charge on any atom is 0.303 e. The highest BCUT2D eigenvalue weighted by Gasteiger charge is 2.58. The molecule has 15 atom stereocenters. The first-order valence-corrected chi connectivity index (χ1v) is 33.6. The molecule has 20 nitrogen and oxygen atoms in total. The van der Waals surface area contributed by atoms with Gasteiger partial charge in [-0.3, -0.25) is 24.0 Å². The van der Waals surface area contributed by atoms with Gasteiger partial charge in [0.2, 0.25) is 0 Å². The number of rotatable bonds is 28. The Bertz CT molecular complexity index is 3900. The summed E-state index contributed by atoms with van der Waals surface area (Å²) < 4.78 is 89.4.